The summed E-state index contributed by atoms with van der Waals surface area (Å²) in [7, 11) is 0. The molecule has 4 rings (SSSR count). The van der Waals surface area contributed by atoms with Crippen LogP contribution in [0.5, 0.6) is 0 Å². The highest BCUT2D eigenvalue weighted by molar-refractivity contribution is 5.81. The maximum Gasteiger partial charge on any atom is 0.249 e. The maximum absolute atomic E-state index is 14.7. The topological polar surface area (TPSA) is 86.3 Å². The van der Waals surface area contributed by atoms with Gasteiger partial charge in [-0.2, -0.15) is 0 Å². The minimum atomic E-state index is -0.838. The number of ether oxygens (including phenoxy) is 4. The predicted octanol–water partition coefficient (Wildman–Crippen LogP) is 18.3. The lowest BCUT2D eigenvalue weighted by molar-refractivity contribution is -0.157. The van der Waals surface area contributed by atoms with Crippen LogP contribution < -0.4 is 5.32 Å². The number of carbonyl (C=O) groups excluding carboxylic acids is 1. The standard InChI is InChI=1S/C70H105NO6/c1-3-5-7-9-11-13-15-16-17-18-19-20-21-22-23-25-27-29-31-45-55-67(75-58-62-48-38-33-39-49-62)70(73)71-65(56-72)68(76-59-63-50-40-34-41-51-63)69(77-60-64-52-42-35-43-53-64)66(74-57-61-46-36-32-37-47-61)54-44-30-28-26-24-14-12-10-8-6-4-2/h16-17,32-44,46-54,65-69,72H,3-15,18-31,45,55-60H2,1-2H3,(H,71,73)/b17-16-,54-44-/t65-,66+,67+,68-,69+/m0/s1. The van der Waals surface area contributed by atoms with E-state index < -0.39 is 30.5 Å². The maximum atomic E-state index is 14.7. The Hall–Kier alpha value is -4.37. The Balaban J connectivity index is 1.43. The zero-order chi connectivity index (χ0) is 54.3. The molecule has 4 aromatic rings. The molecule has 0 saturated carbocycles. The Bertz CT molecular complexity index is 1990. The van der Waals surface area contributed by atoms with Crippen LogP contribution in [0.1, 0.15) is 222 Å². The average molecular weight is 1060 g/mol. The molecule has 426 valence electrons. The van der Waals surface area contributed by atoms with Crippen LogP contribution in [0.2, 0.25) is 0 Å². The zero-order valence-electron chi connectivity index (χ0n) is 48.3. The number of unbranched alkanes of at least 4 members (excludes halogenated alkanes) is 25. The fraction of sp³-hybridized carbons (Fsp3) is 0.586. The van der Waals surface area contributed by atoms with Crippen molar-refractivity contribution >= 4 is 5.91 Å². The van der Waals surface area contributed by atoms with Gasteiger partial charge < -0.3 is 29.4 Å². The van der Waals surface area contributed by atoms with E-state index in [9.17, 15) is 9.90 Å². The molecule has 2 N–H and O–H groups in total. The van der Waals surface area contributed by atoms with Crippen molar-refractivity contribution in [2.75, 3.05) is 6.61 Å². The molecular formula is C70H105NO6. The van der Waals surface area contributed by atoms with E-state index >= 15 is 0 Å². The fourth-order valence-electron chi connectivity index (χ4n) is 10.0. The van der Waals surface area contributed by atoms with E-state index in [1.807, 2.05) is 97.1 Å². The van der Waals surface area contributed by atoms with Gasteiger partial charge in [0.05, 0.1) is 39.1 Å². The van der Waals surface area contributed by atoms with Gasteiger partial charge in [-0.05, 0) is 67.2 Å². The van der Waals surface area contributed by atoms with Crippen molar-refractivity contribution in [3.05, 3.63) is 168 Å². The third-order valence-electron chi connectivity index (χ3n) is 14.8. The summed E-state index contributed by atoms with van der Waals surface area (Å²) < 4.78 is 27.3. The summed E-state index contributed by atoms with van der Waals surface area (Å²) in [6.45, 7) is 5.39. The molecule has 0 unspecified atom stereocenters. The molecule has 0 spiro atoms. The summed E-state index contributed by atoms with van der Waals surface area (Å²) in [6, 6.07) is 39.6. The molecule has 7 heteroatoms. The van der Waals surface area contributed by atoms with Crippen LogP contribution in [-0.2, 0) is 50.2 Å². The van der Waals surface area contributed by atoms with E-state index in [0.717, 1.165) is 54.4 Å². The molecule has 0 aromatic heterocycles. The van der Waals surface area contributed by atoms with Gasteiger partial charge in [0.1, 0.15) is 24.4 Å². The first-order valence-electron chi connectivity index (χ1n) is 31.0. The number of allylic oxidation sites excluding steroid dienone is 3. The number of nitrogens with one attached hydrogen (secondary N) is 1. The SMILES string of the molecule is CCCCCCCC/C=C\CCCCCCCCCCCC[C@@H](OCc1ccccc1)C(=O)N[C@@H](CO)[C@H](OCc1ccccc1)[C@H](OCc1ccccc1)[C@@H](/C=C\CCCCCCCCCCC)OCc1ccccc1. The second-order valence-corrected chi connectivity index (χ2v) is 21.6. The van der Waals surface area contributed by atoms with Crippen molar-refractivity contribution in [2.45, 2.75) is 257 Å². The molecule has 4 aromatic carbocycles. The Kier molecular flexibility index (Phi) is 38.5. The first-order valence-corrected chi connectivity index (χ1v) is 31.0. The van der Waals surface area contributed by atoms with Crippen molar-refractivity contribution in [2.24, 2.45) is 0 Å². The molecular weight excluding hydrogens is 951 g/mol. The highest BCUT2D eigenvalue weighted by Gasteiger charge is 2.38. The number of hydrogen-bond acceptors (Lipinski definition) is 6. The minimum absolute atomic E-state index is 0.252. The molecule has 1 amide bonds. The average Bonchev–Trinajstić information content (AvgIpc) is 3.47. The quantitative estimate of drug-likeness (QED) is 0.0339. The van der Waals surface area contributed by atoms with Gasteiger partial charge in [0.2, 0.25) is 5.91 Å². The van der Waals surface area contributed by atoms with Gasteiger partial charge in [0.15, 0.2) is 0 Å². The molecule has 0 fully saturated rings. The number of hydrogen-bond donors (Lipinski definition) is 2. The number of amides is 1. The molecule has 5 atom stereocenters. The second kappa shape index (κ2) is 45.5. The second-order valence-electron chi connectivity index (χ2n) is 21.6. The number of benzene rings is 4. The van der Waals surface area contributed by atoms with Gasteiger partial charge >= 0.3 is 0 Å². The third-order valence-corrected chi connectivity index (χ3v) is 14.8. The largest absolute Gasteiger partial charge is 0.394 e. The van der Waals surface area contributed by atoms with Crippen LogP contribution in [0.3, 0.4) is 0 Å². The molecule has 0 aliphatic rings. The minimum Gasteiger partial charge on any atom is -0.394 e. The Morgan fingerprint density at radius 1 is 0.416 bits per heavy atom. The van der Waals surface area contributed by atoms with Crippen LogP contribution in [0.4, 0.5) is 0 Å². The van der Waals surface area contributed by atoms with E-state index in [1.54, 1.807) is 0 Å². The van der Waals surface area contributed by atoms with E-state index in [2.05, 4.69) is 67.7 Å². The molecule has 77 heavy (non-hydrogen) atoms. The molecule has 0 aliphatic heterocycles. The predicted molar refractivity (Wildman–Crippen MR) is 323 cm³/mol. The van der Waals surface area contributed by atoms with Crippen molar-refractivity contribution in [1.82, 2.24) is 5.32 Å². The smallest absolute Gasteiger partial charge is 0.249 e. The summed E-state index contributed by atoms with van der Waals surface area (Å²) in [5.41, 5.74) is 4.04. The lowest BCUT2D eigenvalue weighted by atomic mass is 9.98. The van der Waals surface area contributed by atoms with Crippen molar-refractivity contribution < 1.29 is 28.8 Å². The number of aliphatic hydroxyl groups excluding tert-OH is 1. The number of carbonyl (C=O) groups is 1. The van der Waals surface area contributed by atoms with Crippen molar-refractivity contribution in [1.29, 1.82) is 0 Å². The van der Waals surface area contributed by atoms with Crippen LogP contribution >= 0.6 is 0 Å². The van der Waals surface area contributed by atoms with Crippen LogP contribution in [0, 0.1) is 0 Å². The Labute approximate surface area is 469 Å². The van der Waals surface area contributed by atoms with Gasteiger partial charge in [-0.25, -0.2) is 0 Å². The van der Waals surface area contributed by atoms with Crippen molar-refractivity contribution in [3.8, 4) is 0 Å². The Morgan fingerprint density at radius 3 is 1.16 bits per heavy atom. The molecule has 0 saturated heterocycles. The third kappa shape index (κ3) is 31.7. The normalized spacial score (nSPS) is 13.8. The van der Waals surface area contributed by atoms with Gasteiger partial charge in [-0.15, -0.1) is 0 Å². The molecule has 0 radical (unpaired) electrons. The van der Waals surface area contributed by atoms with E-state index in [1.165, 1.54) is 148 Å². The van der Waals surface area contributed by atoms with Gasteiger partial charge in [0.25, 0.3) is 0 Å². The summed E-state index contributed by atoms with van der Waals surface area (Å²) in [5.74, 6) is -0.258. The van der Waals surface area contributed by atoms with Crippen LogP contribution in [0.25, 0.3) is 0 Å². The van der Waals surface area contributed by atoms with E-state index in [0.29, 0.717) is 26.2 Å². The number of rotatable bonds is 49. The van der Waals surface area contributed by atoms with Gasteiger partial charge in [-0.3, -0.25) is 4.79 Å². The number of aliphatic hydroxyl groups is 1. The molecule has 0 aliphatic carbocycles. The lowest BCUT2D eigenvalue weighted by Crippen LogP contribution is -2.57. The van der Waals surface area contributed by atoms with Gasteiger partial charge in [-0.1, -0.05) is 301 Å². The van der Waals surface area contributed by atoms with E-state index in [-0.39, 0.29) is 19.1 Å². The lowest BCUT2D eigenvalue weighted by Gasteiger charge is -2.37. The van der Waals surface area contributed by atoms with E-state index in [4.69, 9.17) is 18.9 Å². The monoisotopic (exact) mass is 1060 g/mol. The summed E-state index contributed by atoms with van der Waals surface area (Å²) in [5, 5.41) is 14.7. The molecule has 7 nitrogen and oxygen atoms in total. The molecule has 0 bridgehead atoms. The van der Waals surface area contributed by atoms with Crippen LogP contribution in [0.15, 0.2) is 146 Å². The highest BCUT2D eigenvalue weighted by atomic mass is 16.6. The Morgan fingerprint density at radius 2 is 0.753 bits per heavy atom. The van der Waals surface area contributed by atoms with Gasteiger partial charge in [0, 0.05) is 0 Å². The van der Waals surface area contributed by atoms with Crippen LogP contribution in [-0.4, -0.2) is 48.1 Å². The first-order chi connectivity index (χ1) is 38.1. The first kappa shape index (κ1) is 65.2. The summed E-state index contributed by atoms with van der Waals surface area (Å²) in [4.78, 5) is 14.7. The summed E-state index contributed by atoms with van der Waals surface area (Å²) >= 11 is 0. The highest BCUT2D eigenvalue weighted by Crippen LogP contribution is 2.24. The molecule has 0 heterocycles. The summed E-state index contributed by atoms with van der Waals surface area (Å²) in [6.07, 6.45) is 42.0. The van der Waals surface area contributed by atoms with Crippen molar-refractivity contribution in [3.63, 3.8) is 0 Å². The zero-order valence-corrected chi connectivity index (χ0v) is 48.3. The fourth-order valence-corrected chi connectivity index (χ4v) is 10.0.